The first-order valence-electron chi connectivity index (χ1n) is 8.97. The standard InChI is InChI=1S/C24H32/c1-23(2,3)17-21-13-9-19(10-14-21)7-8-20-11-15-22(16-12-20)18-24(4,5)6/h7-16H,17-18H2,1-6H3. The lowest BCUT2D eigenvalue weighted by atomic mass is 9.88. The fourth-order valence-electron chi connectivity index (χ4n) is 2.91. The van der Waals surface area contributed by atoms with E-state index >= 15 is 0 Å². The van der Waals surface area contributed by atoms with Gasteiger partial charge in [-0.2, -0.15) is 0 Å². The van der Waals surface area contributed by atoms with Crippen molar-refractivity contribution in [2.75, 3.05) is 0 Å². The van der Waals surface area contributed by atoms with Crippen molar-refractivity contribution in [2.24, 2.45) is 10.8 Å². The summed E-state index contributed by atoms with van der Waals surface area (Å²) in [7, 11) is 0. The van der Waals surface area contributed by atoms with Crippen LogP contribution in [0.2, 0.25) is 0 Å². The Morgan fingerprint density at radius 3 is 1.08 bits per heavy atom. The van der Waals surface area contributed by atoms with Gasteiger partial charge in [0, 0.05) is 0 Å². The second-order valence-electron chi connectivity index (χ2n) is 9.29. The Balaban J connectivity index is 2.00. The summed E-state index contributed by atoms with van der Waals surface area (Å²) in [6.45, 7) is 13.7. The molecule has 0 fully saturated rings. The molecule has 128 valence electrons. The summed E-state index contributed by atoms with van der Waals surface area (Å²) in [6.07, 6.45) is 6.62. The van der Waals surface area contributed by atoms with Crippen LogP contribution in [0.25, 0.3) is 12.2 Å². The Labute approximate surface area is 148 Å². The van der Waals surface area contributed by atoms with Crippen molar-refractivity contribution in [2.45, 2.75) is 54.4 Å². The first-order valence-corrected chi connectivity index (χ1v) is 8.97. The summed E-state index contributed by atoms with van der Waals surface area (Å²) in [6, 6.07) is 17.8. The van der Waals surface area contributed by atoms with Gasteiger partial charge in [-0.05, 0) is 45.9 Å². The minimum Gasteiger partial charge on any atom is -0.0599 e. The van der Waals surface area contributed by atoms with Crippen LogP contribution in [-0.4, -0.2) is 0 Å². The van der Waals surface area contributed by atoms with Crippen molar-refractivity contribution in [3.8, 4) is 0 Å². The van der Waals surface area contributed by atoms with E-state index in [1.54, 1.807) is 0 Å². The highest BCUT2D eigenvalue weighted by molar-refractivity contribution is 5.69. The SMILES string of the molecule is CC(C)(C)Cc1ccc(C=Cc2ccc(CC(C)(C)C)cc2)cc1. The van der Waals surface area contributed by atoms with E-state index in [1.165, 1.54) is 22.3 Å². The molecule has 0 saturated carbocycles. The molecule has 0 aliphatic heterocycles. The van der Waals surface area contributed by atoms with Gasteiger partial charge in [0.15, 0.2) is 0 Å². The first kappa shape index (κ1) is 18.5. The van der Waals surface area contributed by atoms with Gasteiger partial charge >= 0.3 is 0 Å². The molecule has 0 aliphatic carbocycles. The van der Waals surface area contributed by atoms with E-state index in [1.807, 2.05) is 0 Å². The summed E-state index contributed by atoms with van der Waals surface area (Å²) >= 11 is 0. The quantitative estimate of drug-likeness (QED) is 0.530. The Kier molecular flexibility index (Phi) is 5.70. The molecule has 0 heteroatoms. The molecule has 0 spiro atoms. The topological polar surface area (TPSA) is 0 Å². The van der Waals surface area contributed by atoms with Gasteiger partial charge in [-0.1, -0.05) is 102 Å². The zero-order valence-corrected chi connectivity index (χ0v) is 16.2. The molecule has 0 atom stereocenters. The fourth-order valence-corrected chi connectivity index (χ4v) is 2.91. The van der Waals surface area contributed by atoms with Gasteiger partial charge in [0.25, 0.3) is 0 Å². The van der Waals surface area contributed by atoms with Gasteiger partial charge < -0.3 is 0 Å². The maximum atomic E-state index is 2.28. The maximum Gasteiger partial charge on any atom is -0.0230 e. The normalized spacial score (nSPS) is 12.8. The highest BCUT2D eigenvalue weighted by atomic mass is 14.2. The first-order chi connectivity index (χ1) is 11.1. The summed E-state index contributed by atoms with van der Waals surface area (Å²) in [5.41, 5.74) is 6.01. The van der Waals surface area contributed by atoms with Crippen molar-refractivity contribution in [3.63, 3.8) is 0 Å². The van der Waals surface area contributed by atoms with Crippen LogP contribution in [0, 0.1) is 10.8 Å². The van der Waals surface area contributed by atoms with Crippen LogP contribution in [0.4, 0.5) is 0 Å². The van der Waals surface area contributed by atoms with Crippen LogP contribution in [-0.2, 0) is 12.8 Å². The van der Waals surface area contributed by atoms with Crippen molar-refractivity contribution >= 4 is 12.2 Å². The van der Waals surface area contributed by atoms with E-state index < -0.39 is 0 Å². The summed E-state index contributed by atoms with van der Waals surface area (Å²) < 4.78 is 0. The van der Waals surface area contributed by atoms with Gasteiger partial charge in [0.05, 0.1) is 0 Å². The van der Waals surface area contributed by atoms with Crippen molar-refractivity contribution in [1.82, 2.24) is 0 Å². The minimum atomic E-state index is 0.339. The highest BCUT2D eigenvalue weighted by Crippen LogP contribution is 2.22. The van der Waals surface area contributed by atoms with E-state index in [0.717, 1.165) is 12.8 Å². The molecule has 0 bridgehead atoms. The predicted octanol–water partition coefficient (Wildman–Crippen LogP) is 7.03. The average Bonchev–Trinajstić information content (AvgIpc) is 2.45. The molecule has 2 rings (SSSR count). The lowest BCUT2D eigenvalue weighted by molar-refractivity contribution is 0.411. The predicted molar refractivity (Wildman–Crippen MR) is 108 cm³/mol. The molecule has 0 heterocycles. The fraction of sp³-hybridized carbons (Fsp3) is 0.417. The monoisotopic (exact) mass is 320 g/mol. The van der Waals surface area contributed by atoms with Crippen molar-refractivity contribution in [3.05, 3.63) is 70.8 Å². The van der Waals surface area contributed by atoms with Gasteiger partial charge in [-0.3, -0.25) is 0 Å². The second kappa shape index (κ2) is 7.38. The van der Waals surface area contributed by atoms with E-state index in [-0.39, 0.29) is 0 Å². The average molecular weight is 321 g/mol. The lowest BCUT2D eigenvalue weighted by Gasteiger charge is -2.18. The molecular formula is C24H32. The molecule has 0 radical (unpaired) electrons. The minimum absolute atomic E-state index is 0.339. The van der Waals surface area contributed by atoms with Gasteiger partial charge in [-0.15, -0.1) is 0 Å². The summed E-state index contributed by atoms with van der Waals surface area (Å²) in [5.74, 6) is 0. The van der Waals surface area contributed by atoms with Crippen LogP contribution < -0.4 is 0 Å². The Morgan fingerprint density at radius 2 is 0.833 bits per heavy atom. The van der Waals surface area contributed by atoms with Crippen molar-refractivity contribution < 1.29 is 0 Å². The van der Waals surface area contributed by atoms with E-state index in [4.69, 9.17) is 0 Å². The second-order valence-corrected chi connectivity index (χ2v) is 9.29. The van der Waals surface area contributed by atoms with Gasteiger partial charge in [0.2, 0.25) is 0 Å². The number of hydrogen-bond donors (Lipinski definition) is 0. The maximum absolute atomic E-state index is 2.28. The molecule has 2 aromatic rings. The van der Waals surface area contributed by atoms with Gasteiger partial charge in [-0.25, -0.2) is 0 Å². The zero-order valence-electron chi connectivity index (χ0n) is 16.2. The molecule has 0 amide bonds. The van der Waals surface area contributed by atoms with Crippen LogP contribution in [0.3, 0.4) is 0 Å². The molecule has 0 aliphatic rings. The molecule has 0 aromatic heterocycles. The third-order valence-corrected chi connectivity index (χ3v) is 3.90. The van der Waals surface area contributed by atoms with E-state index in [0.29, 0.717) is 10.8 Å². The smallest absolute Gasteiger partial charge is 0.0230 e. The molecule has 0 unspecified atom stereocenters. The summed E-state index contributed by atoms with van der Waals surface area (Å²) in [4.78, 5) is 0. The van der Waals surface area contributed by atoms with Crippen LogP contribution in [0.1, 0.15) is 63.8 Å². The number of rotatable bonds is 4. The van der Waals surface area contributed by atoms with Crippen LogP contribution in [0.15, 0.2) is 48.5 Å². The molecular weight excluding hydrogens is 288 g/mol. The third kappa shape index (κ3) is 6.74. The number of hydrogen-bond acceptors (Lipinski definition) is 0. The zero-order chi connectivity index (χ0) is 17.8. The van der Waals surface area contributed by atoms with E-state index in [2.05, 4.69) is 102 Å². The van der Waals surface area contributed by atoms with Crippen LogP contribution >= 0.6 is 0 Å². The molecule has 0 N–H and O–H groups in total. The lowest BCUT2D eigenvalue weighted by Crippen LogP contribution is -2.08. The highest BCUT2D eigenvalue weighted by Gasteiger charge is 2.11. The Hall–Kier alpha value is -1.82. The van der Waals surface area contributed by atoms with E-state index in [9.17, 15) is 0 Å². The Morgan fingerprint density at radius 1 is 0.542 bits per heavy atom. The number of benzene rings is 2. The Bertz CT molecular complexity index is 594. The largest absolute Gasteiger partial charge is 0.0599 e. The molecule has 0 nitrogen and oxygen atoms in total. The summed E-state index contributed by atoms with van der Waals surface area (Å²) in [5, 5.41) is 0. The van der Waals surface area contributed by atoms with Crippen molar-refractivity contribution in [1.29, 1.82) is 0 Å². The third-order valence-electron chi connectivity index (χ3n) is 3.90. The van der Waals surface area contributed by atoms with Gasteiger partial charge in [0.1, 0.15) is 0 Å². The molecule has 2 aromatic carbocycles. The molecule has 0 saturated heterocycles. The molecule has 24 heavy (non-hydrogen) atoms. The van der Waals surface area contributed by atoms with Crippen LogP contribution in [0.5, 0.6) is 0 Å².